The van der Waals surface area contributed by atoms with Gasteiger partial charge < -0.3 is 10.2 Å². The first-order valence-corrected chi connectivity index (χ1v) is 4.28. The normalized spacial score (nSPS) is 11.3. The van der Waals surface area contributed by atoms with Crippen molar-refractivity contribution in [1.82, 2.24) is 0 Å². The van der Waals surface area contributed by atoms with Gasteiger partial charge in [0.05, 0.1) is 6.26 Å². The van der Waals surface area contributed by atoms with Crippen LogP contribution >= 0.6 is 15.9 Å². The second kappa shape index (κ2) is 4.09. The summed E-state index contributed by atoms with van der Waals surface area (Å²) in [5, 5.41) is 17.4. The number of aliphatic hydroxyl groups excluding tert-OH is 1. The minimum atomic E-state index is -1.15. The molecule has 0 saturated carbocycles. The van der Waals surface area contributed by atoms with E-state index in [1.165, 1.54) is 0 Å². The summed E-state index contributed by atoms with van der Waals surface area (Å²) in [6.07, 6.45) is 0.587. The highest BCUT2D eigenvalue weighted by Gasteiger charge is 2.09. The van der Waals surface area contributed by atoms with Crippen molar-refractivity contribution in [1.29, 1.82) is 0 Å². The molecule has 0 fully saturated rings. The highest BCUT2D eigenvalue weighted by molar-refractivity contribution is 9.10. The molecule has 0 amide bonds. The molecule has 1 aromatic rings. The van der Waals surface area contributed by atoms with E-state index < -0.39 is 5.97 Å². The van der Waals surface area contributed by atoms with Gasteiger partial charge in [0.1, 0.15) is 5.57 Å². The van der Waals surface area contributed by atoms with Crippen LogP contribution in [0.2, 0.25) is 0 Å². The Kier molecular flexibility index (Phi) is 3.08. The largest absolute Gasteiger partial charge is 0.515 e. The zero-order valence-corrected chi connectivity index (χ0v) is 8.15. The Hall–Kier alpha value is -1.29. The number of carbonyl (C=O) groups is 1. The monoisotopic (exact) mass is 242 g/mol. The SMILES string of the molecule is O=C(O)C(=CO)c1cccc(Br)c1. The molecule has 0 unspecified atom stereocenters. The lowest BCUT2D eigenvalue weighted by Crippen LogP contribution is -1.99. The third-order valence-electron chi connectivity index (χ3n) is 1.50. The highest BCUT2D eigenvalue weighted by atomic mass is 79.9. The Balaban J connectivity index is 3.14. The van der Waals surface area contributed by atoms with E-state index in [1.54, 1.807) is 24.3 Å². The molecule has 4 heteroatoms. The summed E-state index contributed by atoms with van der Waals surface area (Å²) in [6, 6.07) is 6.71. The van der Waals surface area contributed by atoms with E-state index in [0.717, 1.165) is 4.47 Å². The fourth-order valence-electron chi connectivity index (χ4n) is 0.909. The van der Waals surface area contributed by atoms with Crippen molar-refractivity contribution in [2.75, 3.05) is 0 Å². The molecule has 0 bridgehead atoms. The minimum Gasteiger partial charge on any atom is -0.515 e. The predicted molar refractivity (Wildman–Crippen MR) is 52.4 cm³/mol. The van der Waals surface area contributed by atoms with Crippen LogP contribution in [-0.4, -0.2) is 16.2 Å². The van der Waals surface area contributed by atoms with E-state index in [0.29, 0.717) is 11.8 Å². The lowest BCUT2D eigenvalue weighted by atomic mass is 10.1. The number of carboxylic acids is 1. The van der Waals surface area contributed by atoms with Crippen molar-refractivity contribution in [3.8, 4) is 0 Å². The predicted octanol–water partition coefficient (Wildman–Crippen LogP) is 2.43. The molecule has 0 radical (unpaired) electrons. The highest BCUT2D eigenvalue weighted by Crippen LogP contribution is 2.18. The van der Waals surface area contributed by atoms with E-state index in [2.05, 4.69) is 15.9 Å². The van der Waals surface area contributed by atoms with Crippen molar-refractivity contribution in [3.05, 3.63) is 40.6 Å². The molecule has 2 N–H and O–H groups in total. The number of halogens is 1. The van der Waals surface area contributed by atoms with Gasteiger partial charge in [-0.2, -0.15) is 0 Å². The first-order chi connectivity index (χ1) is 6.15. The average molecular weight is 243 g/mol. The molecule has 68 valence electrons. The summed E-state index contributed by atoms with van der Waals surface area (Å²) in [5.41, 5.74) is 0.339. The van der Waals surface area contributed by atoms with Crippen LogP contribution in [0.4, 0.5) is 0 Å². The van der Waals surface area contributed by atoms with E-state index in [1.807, 2.05) is 0 Å². The van der Waals surface area contributed by atoms with Crippen molar-refractivity contribution >= 4 is 27.5 Å². The van der Waals surface area contributed by atoms with Gasteiger partial charge in [0.25, 0.3) is 0 Å². The van der Waals surface area contributed by atoms with Gasteiger partial charge in [0.2, 0.25) is 0 Å². The minimum absolute atomic E-state index is 0.124. The van der Waals surface area contributed by atoms with Crippen molar-refractivity contribution in [2.24, 2.45) is 0 Å². The Morgan fingerprint density at radius 3 is 2.62 bits per heavy atom. The van der Waals surface area contributed by atoms with E-state index >= 15 is 0 Å². The smallest absolute Gasteiger partial charge is 0.339 e. The molecule has 0 aromatic heterocycles. The Morgan fingerprint density at radius 2 is 2.15 bits per heavy atom. The standard InChI is InChI=1S/C9H7BrO3/c10-7-3-1-2-6(4-7)8(5-11)9(12)13/h1-5,11H,(H,12,13). The number of benzene rings is 1. The van der Waals surface area contributed by atoms with Gasteiger partial charge in [0.15, 0.2) is 0 Å². The Labute approximate surface area is 83.5 Å². The molecule has 1 aromatic carbocycles. The molecule has 13 heavy (non-hydrogen) atoms. The number of aliphatic carboxylic acids is 1. The molecular weight excluding hydrogens is 236 g/mol. The second-order valence-corrected chi connectivity index (χ2v) is 3.27. The van der Waals surface area contributed by atoms with Gasteiger partial charge in [-0.1, -0.05) is 28.1 Å². The Bertz CT molecular complexity index is 358. The summed E-state index contributed by atoms with van der Waals surface area (Å²) in [7, 11) is 0. The van der Waals surface area contributed by atoms with Crippen LogP contribution in [-0.2, 0) is 4.79 Å². The van der Waals surface area contributed by atoms with Crippen molar-refractivity contribution in [2.45, 2.75) is 0 Å². The zero-order chi connectivity index (χ0) is 9.84. The van der Waals surface area contributed by atoms with E-state index in [9.17, 15) is 4.79 Å². The number of aliphatic hydroxyl groups is 1. The summed E-state index contributed by atoms with van der Waals surface area (Å²) in [6.45, 7) is 0. The first-order valence-electron chi connectivity index (χ1n) is 3.48. The number of hydrogen-bond acceptors (Lipinski definition) is 2. The fraction of sp³-hybridized carbons (Fsp3) is 0. The average Bonchev–Trinajstić information content (AvgIpc) is 2.04. The third kappa shape index (κ3) is 2.32. The topological polar surface area (TPSA) is 57.5 Å². The van der Waals surface area contributed by atoms with Crippen molar-refractivity contribution in [3.63, 3.8) is 0 Å². The second-order valence-electron chi connectivity index (χ2n) is 2.36. The van der Waals surface area contributed by atoms with Gasteiger partial charge in [-0.25, -0.2) is 4.79 Å². The van der Waals surface area contributed by atoms with Crippen LogP contribution in [0.15, 0.2) is 35.0 Å². The summed E-state index contributed by atoms with van der Waals surface area (Å²) in [4.78, 5) is 10.6. The zero-order valence-electron chi connectivity index (χ0n) is 6.57. The van der Waals surface area contributed by atoms with Gasteiger partial charge in [-0.3, -0.25) is 0 Å². The van der Waals surface area contributed by atoms with E-state index in [-0.39, 0.29) is 5.57 Å². The molecule has 0 saturated heterocycles. The van der Waals surface area contributed by atoms with Crippen LogP contribution in [0.25, 0.3) is 5.57 Å². The molecule has 0 atom stereocenters. The molecular formula is C9H7BrO3. The third-order valence-corrected chi connectivity index (χ3v) is 1.99. The molecule has 1 rings (SSSR count). The lowest BCUT2D eigenvalue weighted by molar-refractivity contribution is -0.130. The maximum atomic E-state index is 10.6. The lowest BCUT2D eigenvalue weighted by Gasteiger charge is -2.00. The van der Waals surface area contributed by atoms with Crippen LogP contribution in [0, 0.1) is 0 Å². The maximum Gasteiger partial charge on any atom is 0.339 e. The van der Waals surface area contributed by atoms with E-state index in [4.69, 9.17) is 10.2 Å². The summed E-state index contributed by atoms with van der Waals surface area (Å²) in [5.74, 6) is -1.15. The van der Waals surface area contributed by atoms with Gasteiger partial charge in [0, 0.05) is 4.47 Å². The van der Waals surface area contributed by atoms with Gasteiger partial charge in [-0.05, 0) is 17.7 Å². The molecule has 0 aliphatic heterocycles. The molecule has 0 aliphatic carbocycles. The fourth-order valence-corrected chi connectivity index (χ4v) is 1.31. The summed E-state index contributed by atoms with van der Waals surface area (Å²) >= 11 is 3.21. The Morgan fingerprint density at radius 1 is 1.46 bits per heavy atom. The first kappa shape index (κ1) is 9.80. The molecule has 0 aliphatic rings. The van der Waals surface area contributed by atoms with Gasteiger partial charge >= 0.3 is 5.97 Å². The van der Waals surface area contributed by atoms with Crippen molar-refractivity contribution < 1.29 is 15.0 Å². The number of carboxylic acid groups (broad SMARTS) is 1. The van der Waals surface area contributed by atoms with Crippen LogP contribution in [0.5, 0.6) is 0 Å². The number of rotatable bonds is 2. The van der Waals surface area contributed by atoms with Crippen LogP contribution in [0.1, 0.15) is 5.56 Å². The number of hydrogen-bond donors (Lipinski definition) is 2. The van der Waals surface area contributed by atoms with Gasteiger partial charge in [-0.15, -0.1) is 0 Å². The maximum absolute atomic E-state index is 10.6. The molecule has 0 heterocycles. The molecule has 0 spiro atoms. The molecule has 3 nitrogen and oxygen atoms in total. The van der Waals surface area contributed by atoms with Crippen LogP contribution in [0.3, 0.4) is 0 Å². The van der Waals surface area contributed by atoms with Crippen LogP contribution < -0.4 is 0 Å². The quantitative estimate of drug-likeness (QED) is 0.619. The summed E-state index contributed by atoms with van der Waals surface area (Å²) < 4.78 is 0.769.